The summed E-state index contributed by atoms with van der Waals surface area (Å²) in [5.74, 6) is -0.0776. The number of ether oxygens (including phenoxy) is 1. The van der Waals surface area contributed by atoms with Gasteiger partial charge in [-0.1, -0.05) is 0 Å². The van der Waals surface area contributed by atoms with Crippen molar-refractivity contribution in [1.82, 2.24) is 25.3 Å². The third-order valence-corrected chi connectivity index (χ3v) is 4.92. The molecule has 2 aliphatic rings. The van der Waals surface area contributed by atoms with E-state index in [0.717, 1.165) is 52.0 Å². The summed E-state index contributed by atoms with van der Waals surface area (Å²) in [6.07, 6.45) is 5.71. The Balaban J connectivity index is 0.00000243. The predicted molar refractivity (Wildman–Crippen MR) is 104 cm³/mol. The molecule has 3 atom stereocenters. The van der Waals surface area contributed by atoms with E-state index in [2.05, 4.69) is 34.5 Å². The number of carbonyl (C=O) groups excluding carboxylic acids is 1. The monoisotopic (exact) mass is 385 g/mol. The second-order valence-electron chi connectivity index (χ2n) is 7.31. The molecule has 3 rings (SSSR count). The molecule has 7 nitrogen and oxygen atoms in total. The highest BCUT2D eigenvalue weighted by molar-refractivity contribution is 5.92. The van der Waals surface area contributed by atoms with Gasteiger partial charge in [-0.25, -0.2) is 0 Å². The number of hydrogen-bond acceptors (Lipinski definition) is 5. The summed E-state index contributed by atoms with van der Waals surface area (Å²) in [5, 5.41) is 10.8. The number of piperidine rings is 1. The standard InChI is InChI=1S/C18H31N5O2.ClH/c1-14-12-22(13-15(2)25-14)9-4-8-20-18(24)17-6-10-23(21-17)16-5-3-7-19-11-16;/h6,10,14-16,19H,3-5,7-9,11-13H2,1-2H3,(H,20,24);1H. The van der Waals surface area contributed by atoms with E-state index in [1.807, 2.05) is 16.9 Å². The zero-order valence-electron chi connectivity index (χ0n) is 15.8. The van der Waals surface area contributed by atoms with Gasteiger partial charge in [0.25, 0.3) is 5.91 Å². The quantitative estimate of drug-likeness (QED) is 0.725. The van der Waals surface area contributed by atoms with Crippen molar-refractivity contribution in [2.75, 3.05) is 39.3 Å². The molecule has 0 radical (unpaired) electrons. The third-order valence-electron chi connectivity index (χ3n) is 4.92. The largest absolute Gasteiger partial charge is 0.373 e. The molecule has 2 N–H and O–H groups in total. The molecule has 1 aromatic rings. The Labute approximate surface area is 162 Å². The van der Waals surface area contributed by atoms with Crippen molar-refractivity contribution >= 4 is 18.3 Å². The lowest BCUT2D eigenvalue weighted by Crippen LogP contribution is -2.46. The van der Waals surface area contributed by atoms with Gasteiger partial charge in [0, 0.05) is 38.9 Å². The lowest BCUT2D eigenvalue weighted by Gasteiger charge is -2.35. The molecule has 2 fully saturated rings. The van der Waals surface area contributed by atoms with Gasteiger partial charge in [0.15, 0.2) is 0 Å². The minimum absolute atomic E-state index is 0. The first-order chi connectivity index (χ1) is 12.1. The predicted octanol–water partition coefficient (Wildman–Crippen LogP) is 1.46. The number of rotatable bonds is 6. The summed E-state index contributed by atoms with van der Waals surface area (Å²) >= 11 is 0. The van der Waals surface area contributed by atoms with Crippen molar-refractivity contribution in [3.8, 4) is 0 Å². The van der Waals surface area contributed by atoms with E-state index in [1.54, 1.807) is 0 Å². The average Bonchev–Trinajstić information content (AvgIpc) is 3.09. The van der Waals surface area contributed by atoms with Crippen molar-refractivity contribution in [3.63, 3.8) is 0 Å². The van der Waals surface area contributed by atoms with Gasteiger partial charge in [-0.3, -0.25) is 14.4 Å². The van der Waals surface area contributed by atoms with E-state index in [9.17, 15) is 4.79 Å². The molecule has 3 heterocycles. The Morgan fingerprint density at radius 1 is 1.38 bits per heavy atom. The normalized spacial score (nSPS) is 26.9. The molecule has 148 valence electrons. The fourth-order valence-corrected chi connectivity index (χ4v) is 3.78. The summed E-state index contributed by atoms with van der Waals surface area (Å²) in [7, 11) is 0. The molecule has 2 aliphatic heterocycles. The summed E-state index contributed by atoms with van der Waals surface area (Å²) in [5.41, 5.74) is 0.513. The SMILES string of the molecule is CC1CN(CCCNC(=O)c2ccn(C3CCCNC3)n2)CC(C)O1.Cl. The summed E-state index contributed by atoms with van der Waals surface area (Å²) in [4.78, 5) is 14.7. The topological polar surface area (TPSA) is 71.4 Å². The smallest absolute Gasteiger partial charge is 0.271 e. The highest BCUT2D eigenvalue weighted by atomic mass is 35.5. The minimum Gasteiger partial charge on any atom is -0.373 e. The Bertz CT molecular complexity index is 552. The van der Waals surface area contributed by atoms with E-state index in [4.69, 9.17) is 4.74 Å². The van der Waals surface area contributed by atoms with Crippen molar-refractivity contribution in [2.45, 2.75) is 51.4 Å². The van der Waals surface area contributed by atoms with Gasteiger partial charge in [-0.15, -0.1) is 12.4 Å². The van der Waals surface area contributed by atoms with Crippen LogP contribution in [0.25, 0.3) is 0 Å². The Morgan fingerprint density at radius 3 is 2.85 bits per heavy atom. The number of nitrogens with one attached hydrogen (secondary N) is 2. The van der Waals surface area contributed by atoms with Crippen molar-refractivity contribution in [2.24, 2.45) is 0 Å². The van der Waals surface area contributed by atoms with Gasteiger partial charge in [-0.05, 0) is 45.7 Å². The second kappa shape index (κ2) is 10.3. The van der Waals surface area contributed by atoms with Crippen LogP contribution in [0.3, 0.4) is 0 Å². The van der Waals surface area contributed by atoms with Gasteiger partial charge in [-0.2, -0.15) is 5.10 Å². The lowest BCUT2D eigenvalue weighted by atomic mass is 10.1. The van der Waals surface area contributed by atoms with Gasteiger partial charge in [0.05, 0.1) is 18.2 Å². The highest BCUT2D eigenvalue weighted by Crippen LogP contribution is 2.15. The second-order valence-corrected chi connectivity index (χ2v) is 7.31. The van der Waals surface area contributed by atoms with E-state index >= 15 is 0 Å². The number of carbonyl (C=O) groups is 1. The van der Waals surface area contributed by atoms with Crippen LogP contribution in [-0.2, 0) is 4.74 Å². The number of nitrogens with zero attached hydrogens (tertiary/aromatic N) is 3. The molecule has 0 bridgehead atoms. The Hall–Kier alpha value is -1.15. The highest BCUT2D eigenvalue weighted by Gasteiger charge is 2.21. The Kier molecular flexibility index (Phi) is 8.34. The van der Waals surface area contributed by atoms with Crippen LogP contribution in [0.4, 0.5) is 0 Å². The Morgan fingerprint density at radius 2 is 2.15 bits per heavy atom. The van der Waals surface area contributed by atoms with Crippen LogP contribution in [0, 0.1) is 0 Å². The van der Waals surface area contributed by atoms with Crippen LogP contribution in [-0.4, -0.2) is 72.1 Å². The third kappa shape index (κ3) is 5.94. The number of amides is 1. The van der Waals surface area contributed by atoms with E-state index in [0.29, 0.717) is 18.3 Å². The van der Waals surface area contributed by atoms with Crippen LogP contribution < -0.4 is 10.6 Å². The van der Waals surface area contributed by atoms with Gasteiger partial charge in [0.2, 0.25) is 0 Å². The maximum absolute atomic E-state index is 12.3. The molecular weight excluding hydrogens is 354 g/mol. The van der Waals surface area contributed by atoms with Crippen molar-refractivity contribution in [3.05, 3.63) is 18.0 Å². The number of aromatic nitrogens is 2. The van der Waals surface area contributed by atoms with Gasteiger partial charge in [0.1, 0.15) is 5.69 Å². The zero-order chi connectivity index (χ0) is 17.6. The summed E-state index contributed by atoms with van der Waals surface area (Å²) in [6, 6.07) is 2.18. The average molecular weight is 386 g/mol. The first-order valence-corrected chi connectivity index (χ1v) is 9.53. The summed E-state index contributed by atoms with van der Waals surface area (Å²) < 4.78 is 7.67. The maximum Gasteiger partial charge on any atom is 0.271 e. The fraction of sp³-hybridized carbons (Fsp3) is 0.778. The molecule has 0 aromatic carbocycles. The molecule has 0 aliphatic carbocycles. The van der Waals surface area contributed by atoms with E-state index in [1.165, 1.54) is 0 Å². The maximum atomic E-state index is 12.3. The van der Waals surface area contributed by atoms with Crippen molar-refractivity contribution < 1.29 is 9.53 Å². The number of morpholine rings is 1. The molecule has 0 saturated carbocycles. The first-order valence-electron chi connectivity index (χ1n) is 9.53. The lowest BCUT2D eigenvalue weighted by molar-refractivity contribution is -0.0679. The van der Waals surface area contributed by atoms with Crippen molar-refractivity contribution in [1.29, 1.82) is 0 Å². The molecule has 2 saturated heterocycles. The van der Waals surface area contributed by atoms with Crippen LogP contribution in [0.2, 0.25) is 0 Å². The van der Waals surface area contributed by atoms with Gasteiger partial charge < -0.3 is 15.4 Å². The minimum atomic E-state index is -0.0776. The summed E-state index contributed by atoms with van der Waals surface area (Å²) in [6.45, 7) is 9.84. The molecular formula is C18H32ClN5O2. The molecule has 0 spiro atoms. The molecule has 8 heteroatoms. The van der Waals surface area contributed by atoms with Crippen LogP contribution in [0.15, 0.2) is 12.3 Å². The van der Waals surface area contributed by atoms with Crippen LogP contribution in [0.1, 0.15) is 49.6 Å². The van der Waals surface area contributed by atoms with Gasteiger partial charge >= 0.3 is 0 Å². The van der Waals surface area contributed by atoms with E-state index in [-0.39, 0.29) is 30.5 Å². The first kappa shape index (κ1) is 21.2. The number of halogens is 1. The molecule has 1 amide bonds. The van der Waals surface area contributed by atoms with E-state index < -0.39 is 0 Å². The van der Waals surface area contributed by atoms with Crippen LogP contribution >= 0.6 is 12.4 Å². The molecule has 1 aromatic heterocycles. The fourth-order valence-electron chi connectivity index (χ4n) is 3.78. The molecule has 26 heavy (non-hydrogen) atoms. The zero-order valence-corrected chi connectivity index (χ0v) is 16.6. The molecule has 3 unspecified atom stereocenters. The number of hydrogen-bond donors (Lipinski definition) is 2. The van der Waals surface area contributed by atoms with Crippen LogP contribution in [0.5, 0.6) is 0 Å².